The van der Waals surface area contributed by atoms with Gasteiger partial charge >= 0.3 is 0 Å². The van der Waals surface area contributed by atoms with Gasteiger partial charge in [0.15, 0.2) is 0 Å². The highest BCUT2D eigenvalue weighted by atomic mass is 35.5. The second-order valence-corrected chi connectivity index (χ2v) is 4.46. The third-order valence-corrected chi connectivity index (χ3v) is 3.05. The molecule has 0 aliphatic heterocycles. The first-order valence-electron chi connectivity index (χ1n) is 5.51. The molecule has 0 bridgehead atoms. The summed E-state index contributed by atoms with van der Waals surface area (Å²) in [5, 5.41) is 4.38. The number of nitrogen functional groups attached to an aromatic ring is 1. The summed E-state index contributed by atoms with van der Waals surface area (Å²) in [6, 6.07) is 5.17. The summed E-state index contributed by atoms with van der Waals surface area (Å²) >= 11 is 5.97. The molecule has 0 amide bonds. The van der Waals surface area contributed by atoms with E-state index in [0.717, 1.165) is 11.3 Å². The zero-order valence-corrected chi connectivity index (χ0v) is 10.8. The van der Waals surface area contributed by atoms with Crippen molar-refractivity contribution in [2.75, 3.05) is 5.73 Å². The van der Waals surface area contributed by atoms with E-state index >= 15 is 0 Å². The number of halogens is 1. The Balaban J connectivity index is 2.01. The van der Waals surface area contributed by atoms with Crippen molar-refractivity contribution >= 4 is 17.3 Å². The molecule has 2 heterocycles. The van der Waals surface area contributed by atoms with E-state index in [1.165, 1.54) is 0 Å². The highest BCUT2D eigenvalue weighted by molar-refractivity contribution is 6.33. The normalized spacial score (nSPS) is 10.8. The molecule has 0 radical (unpaired) electrons. The van der Waals surface area contributed by atoms with Crippen LogP contribution >= 0.6 is 11.6 Å². The molecule has 3 aromatic rings. The Kier molecular flexibility index (Phi) is 2.72. The zero-order chi connectivity index (χ0) is 13.4. The SMILES string of the molecule is Cn1cncc1-c1noc(-c2ccc(N)c(Cl)c2)n1. The number of imidazole rings is 1. The molecule has 0 fully saturated rings. The number of benzene rings is 1. The Bertz CT molecular complexity index is 733. The van der Waals surface area contributed by atoms with Crippen molar-refractivity contribution in [2.24, 2.45) is 7.05 Å². The average Bonchev–Trinajstić information content (AvgIpc) is 3.01. The van der Waals surface area contributed by atoms with Gasteiger partial charge in [-0.3, -0.25) is 0 Å². The molecule has 0 aliphatic rings. The maximum absolute atomic E-state index is 5.97. The molecular formula is C12H10ClN5O. The Labute approximate surface area is 113 Å². The van der Waals surface area contributed by atoms with Gasteiger partial charge in [-0.2, -0.15) is 4.98 Å². The molecule has 3 rings (SSSR count). The van der Waals surface area contributed by atoms with Crippen molar-refractivity contribution in [1.29, 1.82) is 0 Å². The lowest BCUT2D eigenvalue weighted by atomic mass is 10.2. The zero-order valence-electron chi connectivity index (χ0n) is 10.0. The number of nitrogens with zero attached hydrogens (tertiary/aromatic N) is 4. The van der Waals surface area contributed by atoms with Gasteiger partial charge in [-0.1, -0.05) is 16.8 Å². The summed E-state index contributed by atoms with van der Waals surface area (Å²) in [5.41, 5.74) is 7.67. The van der Waals surface area contributed by atoms with Crippen molar-refractivity contribution in [3.05, 3.63) is 35.7 Å². The number of nitrogens with two attached hydrogens (primary N) is 1. The minimum Gasteiger partial charge on any atom is -0.398 e. The monoisotopic (exact) mass is 275 g/mol. The fourth-order valence-electron chi connectivity index (χ4n) is 1.68. The van der Waals surface area contributed by atoms with E-state index in [0.29, 0.717) is 22.4 Å². The molecule has 0 spiro atoms. The Hall–Kier alpha value is -2.34. The Morgan fingerprint density at radius 1 is 1.37 bits per heavy atom. The van der Waals surface area contributed by atoms with Crippen LogP contribution in [0.5, 0.6) is 0 Å². The maximum Gasteiger partial charge on any atom is 0.258 e. The Morgan fingerprint density at radius 3 is 2.89 bits per heavy atom. The summed E-state index contributed by atoms with van der Waals surface area (Å²) in [4.78, 5) is 8.33. The van der Waals surface area contributed by atoms with Gasteiger partial charge < -0.3 is 14.8 Å². The minimum atomic E-state index is 0.387. The van der Waals surface area contributed by atoms with Crippen LogP contribution in [0.3, 0.4) is 0 Å². The summed E-state index contributed by atoms with van der Waals surface area (Å²) < 4.78 is 7.03. The molecule has 2 N–H and O–H groups in total. The molecule has 6 nitrogen and oxygen atoms in total. The van der Waals surface area contributed by atoms with E-state index < -0.39 is 0 Å². The molecule has 0 atom stereocenters. The standard InChI is InChI=1S/C12H10ClN5O/c1-18-6-15-5-10(18)11-16-12(19-17-11)7-2-3-9(14)8(13)4-7/h2-6H,14H2,1H3. The predicted molar refractivity (Wildman–Crippen MR) is 71.4 cm³/mol. The number of aryl methyl sites for hydroxylation is 1. The summed E-state index contributed by atoms with van der Waals surface area (Å²) in [6.45, 7) is 0. The van der Waals surface area contributed by atoms with Crippen LogP contribution in [0.1, 0.15) is 0 Å². The summed E-state index contributed by atoms with van der Waals surface area (Å²) in [7, 11) is 1.86. The highest BCUT2D eigenvalue weighted by Gasteiger charge is 2.13. The van der Waals surface area contributed by atoms with E-state index in [4.69, 9.17) is 21.9 Å². The molecule has 19 heavy (non-hydrogen) atoms. The van der Waals surface area contributed by atoms with Gasteiger partial charge in [-0.25, -0.2) is 4.98 Å². The Morgan fingerprint density at radius 2 is 2.21 bits per heavy atom. The topological polar surface area (TPSA) is 82.8 Å². The molecule has 2 aromatic heterocycles. The summed E-state index contributed by atoms with van der Waals surface area (Å²) in [6.07, 6.45) is 3.34. The van der Waals surface area contributed by atoms with E-state index in [1.54, 1.807) is 30.7 Å². The lowest BCUT2D eigenvalue weighted by Crippen LogP contribution is -1.91. The average molecular weight is 276 g/mol. The fraction of sp³-hybridized carbons (Fsp3) is 0.0833. The predicted octanol–water partition coefficient (Wildman–Crippen LogP) is 2.37. The van der Waals surface area contributed by atoms with Crippen molar-refractivity contribution < 1.29 is 4.52 Å². The smallest absolute Gasteiger partial charge is 0.258 e. The molecule has 1 aromatic carbocycles. The molecule has 7 heteroatoms. The fourth-order valence-corrected chi connectivity index (χ4v) is 1.86. The van der Waals surface area contributed by atoms with Crippen molar-refractivity contribution in [3.63, 3.8) is 0 Å². The van der Waals surface area contributed by atoms with Crippen LogP contribution in [-0.2, 0) is 7.05 Å². The third kappa shape index (κ3) is 2.06. The second-order valence-electron chi connectivity index (χ2n) is 4.05. The lowest BCUT2D eigenvalue weighted by Gasteiger charge is -1.98. The van der Waals surface area contributed by atoms with Gasteiger partial charge in [0.1, 0.15) is 5.69 Å². The highest BCUT2D eigenvalue weighted by Crippen LogP contribution is 2.27. The second kappa shape index (κ2) is 4.40. The molecular weight excluding hydrogens is 266 g/mol. The summed E-state index contributed by atoms with van der Waals surface area (Å²) in [5.74, 6) is 0.862. The van der Waals surface area contributed by atoms with Crippen LogP contribution in [0, 0.1) is 0 Å². The van der Waals surface area contributed by atoms with Crippen LogP contribution in [-0.4, -0.2) is 19.7 Å². The number of rotatable bonds is 2. The van der Waals surface area contributed by atoms with Gasteiger partial charge in [0.05, 0.1) is 23.2 Å². The van der Waals surface area contributed by atoms with Crippen molar-refractivity contribution in [3.8, 4) is 23.0 Å². The minimum absolute atomic E-state index is 0.387. The van der Waals surface area contributed by atoms with E-state index in [2.05, 4.69) is 15.1 Å². The number of anilines is 1. The number of hydrogen-bond acceptors (Lipinski definition) is 5. The number of hydrogen-bond donors (Lipinski definition) is 1. The van der Waals surface area contributed by atoms with Crippen LogP contribution < -0.4 is 5.73 Å². The molecule has 0 saturated heterocycles. The first-order valence-corrected chi connectivity index (χ1v) is 5.89. The van der Waals surface area contributed by atoms with Crippen LogP contribution in [0.15, 0.2) is 35.2 Å². The first kappa shape index (κ1) is 11.7. The van der Waals surface area contributed by atoms with Crippen LogP contribution in [0.4, 0.5) is 5.69 Å². The van der Waals surface area contributed by atoms with Gasteiger partial charge in [0, 0.05) is 12.6 Å². The molecule has 0 unspecified atom stereocenters. The molecule has 0 saturated carbocycles. The lowest BCUT2D eigenvalue weighted by molar-refractivity contribution is 0.432. The van der Waals surface area contributed by atoms with Gasteiger partial charge in [-0.05, 0) is 18.2 Å². The van der Waals surface area contributed by atoms with E-state index in [9.17, 15) is 0 Å². The van der Waals surface area contributed by atoms with Crippen molar-refractivity contribution in [1.82, 2.24) is 19.7 Å². The van der Waals surface area contributed by atoms with E-state index in [1.807, 2.05) is 11.6 Å². The van der Waals surface area contributed by atoms with Crippen LogP contribution in [0.2, 0.25) is 5.02 Å². The molecule has 0 aliphatic carbocycles. The quantitative estimate of drug-likeness (QED) is 0.726. The van der Waals surface area contributed by atoms with Gasteiger partial charge in [0.25, 0.3) is 5.89 Å². The first-order chi connectivity index (χ1) is 9.15. The largest absolute Gasteiger partial charge is 0.398 e. The maximum atomic E-state index is 5.97. The number of aromatic nitrogens is 4. The van der Waals surface area contributed by atoms with E-state index in [-0.39, 0.29) is 0 Å². The van der Waals surface area contributed by atoms with Gasteiger partial charge in [-0.15, -0.1) is 0 Å². The van der Waals surface area contributed by atoms with Gasteiger partial charge in [0.2, 0.25) is 5.82 Å². The van der Waals surface area contributed by atoms with Crippen LogP contribution in [0.25, 0.3) is 23.0 Å². The van der Waals surface area contributed by atoms with Crippen molar-refractivity contribution in [2.45, 2.75) is 0 Å². The molecule has 96 valence electrons. The third-order valence-electron chi connectivity index (χ3n) is 2.72.